The van der Waals surface area contributed by atoms with Gasteiger partial charge < -0.3 is 14.4 Å². The predicted molar refractivity (Wildman–Crippen MR) is 83.4 cm³/mol. The number of anilines is 1. The van der Waals surface area contributed by atoms with Crippen molar-refractivity contribution in [1.29, 1.82) is 0 Å². The monoisotopic (exact) mass is 332 g/mol. The van der Waals surface area contributed by atoms with E-state index in [-0.39, 0.29) is 17.7 Å². The van der Waals surface area contributed by atoms with E-state index in [0.29, 0.717) is 12.4 Å². The Hall–Kier alpha value is -2.77. The Morgan fingerprint density at radius 3 is 2.92 bits per heavy atom. The van der Waals surface area contributed by atoms with E-state index >= 15 is 0 Å². The first-order chi connectivity index (χ1) is 11.7. The summed E-state index contributed by atoms with van der Waals surface area (Å²) in [6.45, 7) is 1.33. The topological polar surface area (TPSA) is 77.4 Å². The minimum absolute atomic E-state index is 0.0106. The van der Waals surface area contributed by atoms with Crippen molar-refractivity contribution in [1.82, 2.24) is 15.2 Å². The van der Waals surface area contributed by atoms with Crippen molar-refractivity contribution in [3.63, 3.8) is 0 Å². The predicted octanol–water partition coefficient (Wildman–Crippen LogP) is 1.85. The normalized spacial score (nSPS) is 17.4. The quantitative estimate of drug-likeness (QED) is 0.791. The maximum Gasteiger partial charge on any atom is 0.358 e. The van der Waals surface area contributed by atoms with E-state index in [9.17, 15) is 9.18 Å². The van der Waals surface area contributed by atoms with Gasteiger partial charge in [-0.25, -0.2) is 14.2 Å². The molecular weight excluding hydrogens is 315 g/mol. The zero-order valence-electron chi connectivity index (χ0n) is 13.2. The van der Waals surface area contributed by atoms with Crippen LogP contribution in [0.4, 0.5) is 10.2 Å². The van der Waals surface area contributed by atoms with Crippen LogP contribution in [0.15, 0.2) is 30.5 Å². The van der Waals surface area contributed by atoms with Gasteiger partial charge in [-0.1, -0.05) is 0 Å². The van der Waals surface area contributed by atoms with Crippen molar-refractivity contribution in [3.05, 3.63) is 42.0 Å². The molecule has 3 heterocycles. The van der Waals surface area contributed by atoms with Crippen molar-refractivity contribution < 1.29 is 18.7 Å². The van der Waals surface area contributed by atoms with Crippen molar-refractivity contribution in [2.45, 2.75) is 18.9 Å². The molecule has 126 valence electrons. The van der Waals surface area contributed by atoms with E-state index in [0.717, 1.165) is 19.4 Å². The minimum Gasteiger partial charge on any atom is -0.470 e. The fraction of sp³-hybridized carbons (Fsp3) is 0.375. The van der Waals surface area contributed by atoms with Gasteiger partial charge >= 0.3 is 5.97 Å². The molecule has 0 aromatic carbocycles. The molecule has 1 atom stereocenters. The standard InChI is InChI=1S/C16H17FN4O3/c1-23-16(22)13-6-7-14(20-19-13)21-9-3-4-11(10-21)24-15-12(17)5-2-8-18-15/h2,5-8,11H,3-4,9-10H2,1H3. The van der Waals surface area contributed by atoms with E-state index in [1.165, 1.54) is 25.4 Å². The van der Waals surface area contributed by atoms with Gasteiger partial charge in [-0.05, 0) is 37.1 Å². The molecule has 0 saturated carbocycles. The fourth-order valence-corrected chi connectivity index (χ4v) is 2.57. The number of piperidine rings is 1. The lowest BCUT2D eigenvalue weighted by molar-refractivity contribution is 0.0592. The number of carbonyl (C=O) groups excluding carboxylic acids is 1. The number of ether oxygens (including phenoxy) is 2. The molecule has 1 saturated heterocycles. The number of nitrogens with zero attached hydrogens (tertiary/aromatic N) is 4. The highest BCUT2D eigenvalue weighted by molar-refractivity contribution is 5.86. The Labute approximate surface area is 138 Å². The summed E-state index contributed by atoms with van der Waals surface area (Å²) < 4.78 is 23.9. The summed E-state index contributed by atoms with van der Waals surface area (Å²) in [6, 6.07) is 6.12. The Kier molecular flexibility index (Phi) is 4.83. The average molecular weight is 332 g/mol. The van der Waals surface area contributed by atoms with Gasteiger partial charge in [0.2, 0.25) is 0 Å². The Morgan fingerprint density at radius 1 is 1.33 bits per heavy atom. The summed E-state index contributed by atoms with van der Waals surface area (Å²) in [4.78, 5) is 17.3. The van der Waals surface area contributed by atoms with Crippen LogP contribution in [0, 0.1) is 5.82 Å². The van der Waals surface area contributed by atoms with Crippen LogP contribution in [0.3, 0.4) is 0 Å². The molecule has 0 spiro atoms. The van der Waals surface area contributed by atoms with Crippen LogP contribution in [0.25, 0.3) is 0 Å². The van der Waals surface area contributed by atoms with Gasteiger partial charge in [0.15, 0.2) is 17.3 Å². The summed E-state index contributed by atoms with van der Waals surface area (Å²) in [7, 11) is 1.29. The maximum absolute atomic E-state index is 13.7. The number of halogens is 1. The number of hydrogen-bond donors (Lipinski definition) is 0. The van der Waals surface area contributed by atoms with Crippen LogP contribution >= 0.6 is 0 Å². The third-order valence-corrected chi connectivity index (χ3v) is 3.75. The van der Waals surface area contributed by atoms with Crippen LogP contribution in [-0.4, -0.2) is 47.5 Å². The van der Waals surface area contributed by atoms with Crippen LogP contribution in [-0.2, 0) is 4.74 Å². The number of methoxy groups -OCH3 is 1. The van der Waals surface area contributed by atoms with E-state index in [2.05, 4.69) is 19.9 Å². The maximum atomic E-state index is 13.7. The van der Waals surface area contributed by atoms with Gasteiger partial charge in [0.05, 0.1) is 13.7 Å². The average Bonchev–Trinajstić information content (AvgIpc) is 2.63. The molecule has 24 heavy (non-hydrogen) atoms. The molecule has 1 unspecified atom stereocenters. The number of esters is 1. The second kappa shape index (κ2) is 7.20. The summed E-state index contributed by atoms with van der Waals surface area (Å²) in [5.41, 5.74) is 0.154. The highest BCUT2D eigenvalue weighted by Gasteiger charge is 2.24. The lowest BCUT2D eigenvalue weighted by Crippen LogP contribution is -2.42. The highest BCUT2D eigenvalue weighted by Crippen LogP contribution is 2.22. The van der Waals surface area contributed by atoms with Gasteiger partial charge in [0, 0.05) is 12.7 Å². The fourth-order valence-electron chi connectivity index (χ4n) is 2.57. The molecule has 7 nitrogen and oxygen atoms in total. The van der Waals surface area contributed by atoms with Gasteiger partial charge in [-0.3, -0.25) is 0 Å². The lowest BCUT2D eigenvalue weighted by atomic mass is 10.1. The molecule has 0 radical (unpaired) electrons. The van der Waals surface area contributed by atoms with Crippen molar-refractivity contribution >= 4 is 11.8 Å². The van der Waals surface area contributed by atoms with Crippen LogP contribution in [0.2, 0.25) is 0 Å². The second-order valence-electron chi connectivity index (χ2n) is 5.39. The molecule has 0 amide bonds. The van der Waals surface area contributed by atoms with Gasteiger partial charge in [0.25, 0.3) is 5.88 Å². The molecular formula is C16H17FN4O3. The first-order valence-corrected chi connectivity index (χ1v) is 7.61. The Morgan fingerprint density at radius 2 is 2.21 bits per heavy atom. The lowest BCUT2D eigenvalue weighted by Gasteiger charge is -2.33. The summed E-state index contributed by atoms with van der Waals surface area (Å²) >= 11 is 0. The molecule has 1 fully saturated rings. The number of aromatic nitrogens is 3. The number of carbonyl (C=O) groups is 1. The summed E-state index contributed by atoms with van der Waals surface area (Å²) in [5.74, 6) is -0.356. The minimum atomic E-state index is -0.528. The van der Waals surface area contributed by atoms with Crippen LogP contribution < -0.4 is 9.64 Å². The third kappa shape index (κ3) is 3.58. The molecule has 3 rings (SSSR count). The molecule has 1 aliphatic heterocycles. The van der Waals surface area contributed by atoms with Crippen molar-refractivity contribution in [2.75, 3.05) is 25.1 Å². The van der Waals surface area contributed by atoms with E-state index in [1.54, 1.807) is 12.1 Å². The number of rotatable bonds is 4. The smallest absolute Gasteiger partial charge is 0.358 e. The van der Waals surface area contributed by atoms with Crippen molar-refractivity contribution in [3.8, 4) is 5.88 Å². The molecule has 0 bridgehead atoms. The van der Waals surface area contributed by atoms with Crippen LogP contribution in [0.5, 0.6) is 5.88 Å². The number of hydrogen-bond acceptors (Lipinski definition) is 7. The Balaban J connectivity index is 1.67. The SMILES string of the molecule is COC(=O)c1ccc(N2CCCC(Oc3ncccc3F)C2)nn1. The molecule has 1 aliphatic rings. The van der Waals surface area contributed by atoms with Gasteiger partial charge in [-0.15, -0.1) is 10.2 Å². The number of pyridine rings is 1. The van der Waals surface area contributed by atoms with E-state index < -0.39 is 11.8 Å². The molecule has 2 aromatic rings. The highest BCUT2D eigenvalue weighted by atomic mass is 19.1. The largest absolute Gasteiger partial charge is 0.470 e. The van der Waals surface area contributed by atoms with E-state index in [1.807, 2.05) is 4.90 Å². The zero-order chi connectivity index (χ0) is 16.9. The van der Waals surface area contributed by atoms with Crippen molar-refractivity contribution in [2.24, 2.45) is 0 Å². The first-order valence-electron chi connectivity index (χ1n) is 7.61. The molecule has 0 aliphatic carbocycles. The summed E-state index contributed by atoms with van der Waals surface area (Å²) in [5, 5.41) is 7.93. The zero-order valence-corrected chi connectivity index (χ0v) is 13.2. The Bertz CT molecular complexity index is 711. The third-order valence-electron chi connectivity index (χ3n) is 3.75. The first kappa shape index (κ1) is 16.1. The van der Waals surface area contributed by atoms with E-state index in [4.69, 9.17) is 4.74 Å². The molecule has 0 N–H and O–H groups in total. The molecule has 2 aromatic heterocycles. The second-order valence-corrected chi connectivity index (χ2v) is 5.39. The van der Waals surface area contributed by atoms with Crippen LogP contribution in [0.1, 0.15) is 23.3 Å². The molecule has 8 heteroatoms. The van der Waals surface area contributed by atoms with Gasteiger partial charge in [0.1, 0.15) is 6.10 Å². The summed E-state index contributed by atoms with van der Waals surface area (Å²) in [6.07, 6.45) is 2.99. The van der Waals surface area contributed by atoms with Gasteiger partial charge in [-0.2, -0.15) is 0 Å².